The highest BCUT2D eigenvalue weighted by molar-refractivity contribution is 7.80. The number of amides is 1. The lowest BCUT2D eigenvalue weighted by molar-refractivity contribution is 0.0600. The predicted octanol–water partition coefficient (Wildman–Crippen LogP) is 2.31. The number of thiocarbonyl (C=S) groups is 1. The van der Waals surface area contributed by atoms with Crippen molar-refractivity contribution in [2.75, 3.05) is 12.4 Å². The molecule has 0 aliphatic rings. The number of anilines is 1. The molecule has 0 atom stereocenters. The van der Waals surface area contributed by atoms with Gasteiger partial charge in [-0.05, 0) is 54.7 Å². The number of hydrogen-bond donors (Lipinski definition) is 3. The van der Waals surface area contributed by atoms with E-state index in [1.54, 1.807) is 30.3 Å². The Labute approximate surface area is 138 Å². The summed E-state index contributed by atoms with van der Waals surface area (Å²) in [4.78, 5) is 23.6. The zero-order chi connectivity index (χ0) is 16.8. The maximum atomic E-state index is 12.1. The normalized spacial score (nSPS) is 9.78. The summed E-state index contributed by atoms with van der Waals surface area (Å²) in [6, 6.07) is 12.3. The van der Waals surface area contributed by atoms with Crippen molar-refractivity contribution in [2.24, 2.45) is 0 Å². The van der Waals surface area contributed by atoms with Gasteiger partial charge in [0.15, 0.2) is 5.11 Å². The first-order chi connectivity index (χ1) is 11.0. The highest BCUT2D eigenvalue weighted by Crippen LogP contribution is 2.13. The van der Waals surface area contributed by atoms with Crippen LogP contribution in [0, 0.1) is 0 Å². The molecule has 0 saturated heterocycles. The smallest absolute Gasteiger partial charge is 0.337 e. The van der Waals surface area contributed by atoms with E-state index >= 15 is 0 Å². The average molecular weight is 330 g/mol. The second-order valence-corrected chi connectivity index (χ2v) is 4.94. The number of phenolic OH excluding ortho intramolecular Hbond substituents is 1. The van der Waals surface area contributed by atoms with E-state index in [0.29, 0.717) is 5.69 Å². The lowest BCUT2D eigenvalue weighted by Gasteiger charge is -2.10. The molecule has 3 N–H and O–H groups in total. The van der Waals surface area contributed by atoms with Gasteiger partial charge in [0.1, 0.15) is 5.75 Å². The highest BCUT2D eigenvalue weighted by Gasteiger charge is 2.11. The number of rotatable bonds is 3. The Bertz CT molecular complexity index is 744. The van der Waals surface area contributed by atoms with Crippen LogP contribution >= 0.6 is 12.2 Å². The summed E-state index contributed by atoms with van der Waals surface area (Å²) >= 11 is 5.06. The number of benzene rings is 2. The molecule has 2 rings (SSSR count). The van der Waals surface area contributed by atoms with Gasteiger partial charge in [0.05, 0.1) is 12.7 Å². The second kappa shape index (κ2) is 7.37. The van der Waals surface area contributed by atoms with Crippen LogP contribution in [0.2, 0.25) is 0 Å². The third-order valence-corrected chi connectivity index (χ3v) is 3.10. The molecule has 0 fully saturated rings. The SMILES string of the molecule is COC(=O)c1cccc(C(=O)NC(=S)Nc2ccc(O)cc2)c1. The van der Waals surface area contributed by atoms with Crippen LogP contribution in [-0.2, 0) is 4.74 Å². The zero-order valence-corrected chi connectivity index (χ0v) is 13.0. The molecule has 7 heteroatoms. The van der Waals surface area contributed by atoms with Gasteiger partial charge in [-0.25, -0.2) is 4.79 Å². The molecule has 0 radical (unpaired) electrons. The minimum Gasteiger partial charge on any atom is -0.508 e. The first-order valence-electron chi connectivity index (χ1n) is 6.59. The largest absolute Gasteiger partial charge is 0.508 e. The summed E-state index contributed by atoms with van der Waals surface area (Å²) in [5.41, 5.74) is 1.18. The molecule has 0 spiro atoms. The minimum atomic E-state index is -0.524. The summed E-state index contributed by atoms with van der Waals surface area (Å²) in [6.07, 6.45) is 0. The average Bonchev–Trinajstić information content (AvgIpc) is 2.56. The molecule has 23 heavy (non-hydrogen) atoms. The Balaban J connectivity index is 2.02. The molecule has 2 aromatic rings. The van der Waals surface area contributed by atoms with Crippen LogP contribution in [-0.4, -0.2) is 29.2 Å². The number of carbonyl (C=O) groups is 2. The van der Waals surface area contributed by atoms with E-state index in [0.717, 1.165) is 0 Å². The molecule has 2 aromatic carbocycles. The molecule has 6 nitrogen and oxygen atoms in total. The fourth-order valence-electron chi connectivity index (χ4n) is 1.79. The number of methoxy groups -OCH3 is 1. The monoisotopic (exact) mass is 330 g/mol. The maximum Gasteiger partial charge on any atom is 0.337 e. The van der Waals surface area contributed by atoms with Crippen LogP contribution < -0.4 is 10.6 Å². The summed E-state index contributed by atoms with van der Waals surface area (Å²) in [5, 5.41) is 14.6. The Kier molecular flexibility index (Phi) is 5.27. The fraction of sp³-hybridized carbons (Fsp3) is 0.0625. The van der Waals surface area contributed by atoms with Crippen molar-refractivity contribution in [3.8, 4) is 5.75 Å². The molecule has 0 saturated carbocycles. The number of phenols is 1. The number of ether oxygens (including phenoxy) is 1. The van der Waals surface area contributed by atoms with Crippen LogP contribution in [0.1, 0.15) is 20.7 Å². The fourth-order valence-corrected chi connectivity index (χ4v) is 2.00. The number of nitrogens with one attached hydrogen (secondary N) is 2. The third kappa shape index (κ3) is 4.52. The van der Waals surface area contributed by atoms with E-state index in [9.17, 15) is 14.7 Å². The summed E-state index contributed by atoms with van der Waals surface area (Å²) < 4.78 is 4.61. The van der Waals surface area contributed by atoms with Crippen molar-refractivity contribution < 1.29 is 19.4 Å². The van der Waals surface area contributed by atoms with Crippen LogP contribution in [0.15, 0.2) is 48.5 Å². The number of carbonyl (C=O) groups excluding carboxylic acids is 2. The summed E-state index contributed by atoms with van der Waals surface area (Å²) in [5.74, 6) is -0.846. The van der Waals surface area contributed by atoms with E-state index < -0.39 is 11.9 Å². The molecule has 0 aliphatic carbocycles. The number of esters is 1. The van der Waals surface area contributed by atoms with E-state index in [4.69, 9.17) is 12.2 Å². The lowest BCUT2D eigenvalue weighted by Crippen LogP contribution is -2.34. The molecule has 0 aromatic heterocycles. The molecule has 1 amide bonds. The lowest BCUT2D eigenvalue weighted by atomic mass is 10.1. The van der Waals surface area contributed by atoms with Crippen molar-refractivity contribution in [1.82, 2.24) is 5.32 Å². The Morgan fingerprint density at radius 3 is 2.39 bits per heavy atom. The van der Waals surface area contributed by atoms with Gasteiger partial charge in [-0.2, -0.15) is 0 Å². The number of aromatic hydroxyl groups is 1. The van der Waals surface area contributed by atoms with Crippen LogP contribution in [0.5, 0.6) is 5.75 Å². The van der Waals surface area contributed by atoms with Gasteiger partial charge in [-0.1, -0.05) is 6.07 Å². The standard InChI is InChI=1S/C16H14N2O4S/c1-22-15(21)11-4-2-3-10(9-11)14(20)18-16(23)17-12-5-7-13(19)8-6-12/h2-9,19H,1H3,(H2,17,18,20,23). The molecular formula is C16H14N2O4S. The first kappa shape index (κ1) is 16.4. The summed E-state index contributed by atoms with van der Waals surface area (Å²) in [6.45, 7) is 0. The molecule has 0 aliphatic heterocycles. The van der Waals surface area contributed by atoms with E-state index in [1.807, 2.05) is 0 Å². The summed E-state index contributed by atoms with van der Waals surface area (Å²) in [7, 11) is 1.27. The van der Waals surface area contributed by atoms with Gasteiger partial charge in [-0.15, -0.1) is 0 Å². The van der Waals surface area contributed by atoms with Gasteiger partial charge < -0.3 is 15.2 Å². The van der Waals surface area contributed by atoms with Gasteiger partial charge >= 0.3 is 5.97 Å². The van der Waals surface area contributed by atoms with Gasteiger partial charge in [-0.3, -0.25) is 10.1 Å². The molecule has 0 heterocycles. The highest BCUT2D eigenvalue weighted by atomic mass is 32.1. The first-order valence-corrected chi connectivity index (χ1v) is 7.00. The molecule has 0 bridgehead atoms. The van der Waals surface area contributed by atoms with Crippen molar-refractivity contribution in [3.05, 3.63) is 59.7 Å². The zero-order valence-electron chi connectivity index (χ0n) is 12.2. The van der Waals surface area contributed by atoms with Crippen LogP contribution in [0.3, 0.4) is 0 Å². The molecule has 0 unspecified atom stereocenters. The minimum absolute atomic E-state index is 0.101. The topological polar surface area (TPSA) is 87.7 Å². The van der Waals surface area contributed by atoms with E-state index in [-0.39, 0.29) is 22.0 Å². The van der Waals surface area contributed by atoms with E-state index in [2.05, 4.69) is 15.4 Å². The molecule has 118 valence electrons. The number of hydrogen-bond acceptors (Lipinski definition) is 5. The third-order valence-electron chi connectivity index (χ3n) is 2.90. The predicted molar refractivity (Wildman–Crippen MR) is 89.6 cm³/mol. The maximum absolute atomic E-state index is 12.1. The van der Waals surface area contributed by atoms with Crippen LogP contribution in [0.4, 0.5) is 5.69 Å². The van der Waals surface area contributed by atoms with Crippen molar-refractivity contribution in [1.29, 1.82) is 0 Å². The Morgan fingerprint density at radius 2 is 1.74 bits per heavy atom. The van der Waals surface area contributed by atoms with Gasteiger partial charge in [0, 0.05) is 11.3 Å². The Hall–Kier alpha value is -2.93. The van der Waals surface area contributed by atoms with Crippen molar-refractivity contribution >= 4 is 34.9 Å². The van der Waals surface area contributed by atoms with Gasteiger partial charge in [0.25, 0.3) is 5.91 Å². The quantitative estimate of drug-likeness (QED) is 0.455. The van der Waals surface area contributed by atoms with Crippen molar-refractivity contribution in [2.45, 2.75) is 0 Å². The van der Waals surface area contributed by atoms with Crippen molar-refractivity contribution in [3.63, 3.8) is 0 Å². The van der Waals surface area contributed by atoms with Crippen LogP contribution in [0.25, 0.3) is 0 Å². The van der Waals surface area contributed by atoms with E-state index in [1.165, 1.54) is 25.3 Å². The Morgan fingerprint density at radius 1 is 1.09 bits per heavy atom. The van der Waals surface area contributed by atoms with Gasteiger partial charge in [0.2, 0.25) is 0 Å². The molecular weight excluding hydrogens is 316 g/mol. The second-order valence-electron chi connectivity index (χ2n) is 4.53.